The van der Waals surface area contributed by atoms with Crippen molar-refractivity contribution in [3.05, 3.63) is 107 Å². The van der Waals surface area contributed by atoms with Gasteiger partial charge in [-0.1, -0.05) is 78.9 Å². The van der Waals surface area contributed by atoms with E-state index in [9.17, 15) is 19.8 Å². The van der Waals surface area contributed by atoms with Gasteiger partial charge in [-0.2, -0.15) is 5.10 Å². The number of rotatable bonds is 6. The first-order valence-corrected chi connectivity index (χ1v) is 8.52. The summed E-state index contributed by atoms with van der Waals surface area (Å²) in [6, 6.07) is 23.3. The molecule has 0 fully saturated rings. The molecule has 0 aliphatic heterocycles. The molecule has 0 atom stereocenters. The first kappa shape index (κ1) is 19.0. The average Bonchev–Trinajstić information content (AvgIpc) is 2.74. The predicted molar refractivity (Wildman–Crippen MR) is 105 cm³/mol. The number of hydrazone groups is 1. The van der Waals surface area contributed by atoms with Gasteiger partial charge in [-0.25, -0.2) is 10.2 Å². The smallest absolute Gasteiger partial charge is 0.336 e. The number of hydrogen-bond acceptors (Lipinski definition) is 4. The van der Waals surface area contributed by atoms with Gasteiger partial charge in [-0.15, -0.1) is 0 Å². The molecule has 0 radical (unpaired) electrons. The van der Waals surface area contributed by atoms with Crippen LogP contribution in [0.4, 0.5) is 0 Å². The number of nitrogens with one attached hydrogen (secondary N) is 1. The Kier molecular flexibility index (Phi) is 5.62. The van der Waals surface area contributed by atoms with E-state index in [0.29, 0.717) is 16.7 Å². The monoisotopic (exact) mass is 374 g/mol. The van der Waals surface area contributed by atoms with Crippen molar-refractivity contribution in [3.8, 4) is 0 Å². The second-order valence-corrected chi connectivity index (χ2v) is 6.03. The molecule has 1 amide bonds. The number of benzene rings is 3. The Bertz CT molecular complexity index is 962. The number of carboxylic acid groups (broad SMARTS) is 1. The van der Waals surface area contributed by atoms with Crippen LogP contribution in [-0.2, 0) is 10.4 Å². The maximum absolute atomic E-state index is 12.9. The van der Waals surface area contributed by atoms with E-state index in [4.69, 9.17) is 0 Å². The van der Waals surface area contributed by atoms with E-state index in [2.05, 4.69) is 10.5 Å². The van der Waals surface area contributed by atoms with Crippen molar-refractivity contribution in [2.45, 2.75) is 5.60 Å². The SMILES string of the molecule is O=C(O)c1ccccc1C=NNC(=O)C(O)(c1ccccc1)c1ccccc1. The van der Waals surface area contributed by atoms with Gasteiger partial charge in [0, 0.05) is 5.56 Å². The van der Waals surface area contributed by atoms with Crippen LogP contribution in [0.1, 0.15) is 27.0 Å². The first-order valence-electron chi connectivity index (χ1n) is 8.52. The third-order valence-electron chi connectivity index (χ3n) is 4.27. The molecule has 0 heterocycles. The van der Waals surface area contributed by atoms with Gasteiger partial charge in [0.05, 0.1) is 11.8 Å². The minimum Gasteiger partial charge on any atom is -0.478 e. The van der Waals surface area contributed by atoms with E-state index in [1.54, 1.807) is 78.9 Å². The molecule has 0 aliphatic rings. The van der Waals surface area contributed by atoms with Crippen LogP contribution in [0.5, 0.6) is 0 Å². The van der Waals surface area contributed by atoms with Gasteiger partial charge in [0.2, 0.25) is 0 Å². The Labute approximate surface area is 161 Å². The molecule has 0 saturated heterocycles. The van der Waals surface area contributed by atoms with Crippen molar-refractivity contribution in [2.75, 3.05) is 0 Å². The van der Waals surface area contributed by atoms with E-state index in [1.165, 1.54) is 12.3 Å². The van der Waals surface area contributed by atoms with Crippen LogP contribution in [0.3, 0.4) is 0 Å². The summed E-state index contributed by atoms with van der Waals surface area (Å²) in [7, 11) is 0. The van der Waals surface area contributed by atoms with Gasteiger partial charge in [0.25, 0.3) is 5.91 Å². The largest absolute Gasteiger partial charge is 0.478 e. The lowest BCUT2D eigenvalue weighted by Gasteiger charge is -2.27. The van der Waals surface area contributed by atoms with Crippen molar-refractivity contribution >= 4 is 18.1 Å². The zero-order valence-corrected chi connectivity index (χ0v) is 14.8. The van der Waals surface area contributed by atoms with Crippen LogP contribution >= 0.6 is 0 Å². The van der Waals surface area contributed by atoms with Crippen LogP contribution in [0, 0.1) is 0 Å². The summed E-state index contributed by atoms with van der Waals surface area (Å²) in [6.07, 6.45) is 1.23. The summed E-state index contributed by atoms with van der Waals surface area (Å²) < 4.78 is 0. The number of carbonyl (C=O) groups excluding carboxylic acids is 1. The lowest BCUT2D eigenvalue weighted by molar-refractivity contribution is -0.136. The second kappa shape index (κ2) is 8.28. The predicted octanol–water partition coefficient (Wildman–Crippen LogP) is 2.77. The molecular formula is C22H18N2O4. The van der Waals surface area contributed by atoms with Gasteiger partial charge < -0.3 is 10.2 Å². The second-order valence-electron chi connectivity index (χ2n) is 6.03. The molecule has 0 spiro atoms. The lowest BCUT2D eigenvalue weighted by Crippen LogP contribution is -2.43. The highest BCUT2D eigenvalue weighted by atomic mass is 16.4. The highest BCUT2D eigenvalue weighted by Crippen LogP contribution is 2.29. The van der Waals surface area contributed by atoms with Crippen LogP contribution in [-0.4, -0.2) is 28.3 Å². The Morgan fingerprint density at radius 1 is 0.821 bits per heavy atom. The van der Waals surface area contributed by atoms with Crippen LogP contribution < -0.4 is 5.43 Å². The van der Waals surface area contributed by atoms with Crippen LogP contribution in [0.2, 0.25) is 0 Å². The molecule has 0 bridgehead atoms. The fourth-order valence-electron chi connectivity index (χ4n) is 2.83. The van der Waals surface area contributed by atoms with Crippen molar-refractivity contribution in [1.29, 1.82) is 0 Å². The van der Waals surface area contributed by atoms with E-state index in [0.717, 1.165) is 0 Å². The van der Waals surface area contributed by atoms with Crippen molar-refractivity contribution in [1.82, 2.24) is 5.43 Å². The number of carbonyl (C=O) groups is 2. The molecule has 0 unspecified atom stereocenters. The molecular weight excluding hydrogens is 356 g/mol. The van der Waals surface area contributed by atoms with Crippen LogP contribution in [0.15, 0.2) is 90.0 Å². The number of amides is 1. The van der Waals surface area contributed by atoms with E-state index < -0.39 is 17.5 Å². The molecule has 3 rings (SSSR count). The van der Waals surface area contributed by atoms with E-state index in [-0.39, 0.29) is 5.56 Å². The molecule has 3 N–H and O–H groups in total. The molecule has 6 heteroatoms. The summed E-state index contributed by atoms with van der Waals surface area (Å²) in [4.78, 5) is 24.1. The molecule has 0 saturated carbocycles. The fourth-order valence-corrected chi connectivity index (χ4v) is 2.83. The minimum atomic E-state index is -1.95. The zero-order chi connectivity index (χ0) is 20.0. The Hall–Kier alpha value is -3.77. The number of nitrogens with zero attached hydrogens (tertiary/aromatic N) is 1. The van der Waals surface area contributed by atoms with Gasteiger partial charge in [0.15, 0.2) is 5.60 Å². The zero-order valence-electron chi connectivity index (χ0n) is 14.8. The minimum absolute atomic E-state index is 0.0573. The Morgan fingerprint density at radius 2 is 1.32 bits per heavy atom. The van der Waals surface area contributed by atoms with Crippen molar-refractivity contribution in [3.63, 3.8) is 0 Å². The van der Waals surface area contributed by atoms with Gasteiger partial charge in [-0.3, -0.25) is 4.79 Å². The quantitative estimate of drug-likeness (QED) is 0.456. The number of aromatic carboxylic acids is 1. The summed E-state index contributed by atoms with van der Waals surface area (Å²) in [5, 5.41) is 24.3. The fraction of sp³-hybridized carbons (Fsp3) is 0.0455. The summed E-state index contributed by atoms with van der Waals surface area (Å²) in [5.41, 5.74) is 1.54. The number of hydrogen-bond donors (Lipinski definition) is 3. The van der Waals surface area contributed by atoms with Crippen molar-refractivity contribution in [2.24, 2.45) is 5.10 Å². The molecule has 0 aromatic heterocycles. The third-order valence-corrected chi connectivity index (χ3v) is 4.27. The standard InChI is InChI=1S/C22H18N2O4/c25-20(26)19-14-8-7-9-16(19)15-23-24-21(27)22(28,17-10-3-1-4-11-17)18-12-5-2-6-13-18/h1-15,28H,(H,24,27)(H,25,26). The lowest BCUT2D eigenvalue weighted by atomic mass is 9.85. The molecule has 28 heavy (non-hydrogen) atoms. The summed E-state index contributed by atoms with van der Waals surface area (Å²) in [5.74, 6) is -1.85. The van der Waals surface area contributed by atoms with E-state index in [1.807, 2.05) is 0 Å². The van der Waals surface area contributed by atoms with E-state index >= 15 is 0 Å². The first-order chi connectivity index (χ1) is 13.5. The normalized spacial score (nSPS) is 11.3. The van der Waals surface area contributed by atoms with Gasteiger partial charge >= 0.3 is 5.97 Å². The van der Waals surface area contributed by atoms with Crippen LogP contribution in [0.25, 0.3) is 0 Å². The van der Waals surface area contributed by atoms with Gasteiger partial charge in [0.1, 0.15) is 0 Å². The average molecular weight is 374 g/mol. The van der Waals surface area contributed by atoms with Gasteiger partial charge in [-0.05, 0) is 17.2 Å². The molecule has 6 nitrogen and oxygen atoms in total. The number of carboxylic acids is 1. The third kappa shape index (κ3) is 3.82. The maximum Gasteiger partial charge on any atom is 0.336 e. The molecule has 0 aliphatic carbocycles. The Balaban J connectivity index is 1.91. The molecule has 3 aromatic rings. The number of aliphatic hydroxyl groups is 1. The Morgan fingerprint density at radius 3 is 1.86 bits per heavy atom. The molecule has 140 valence electrons. The topological polar surface area (TPSA) is 99.0 Å². The highest BCUT2D eigenvalue weighted by Gasteiger charge is 2.39. The summed E-state index contributed by atoms with van der Waals surface area (Å²) >= 11 is 0. The summed E-state index contributed by atoms with van der Waals surface area (Å²) in [6.45, 7) is 0. The molecule has 3 aromatic carbocycles. The maximum atomic E-state index is 12.9. The highest BCUT2D eigenvalue weighted by molar-refractivity contribution is 5.99. The van der Waals surface area contributed by atoms with Crippen molar-refractivity contribution < 1.29 is 19.8 Å².